The molecule has 4 rings (SSSR count). The SMILES string of the molecule is CCN(CC)CCn1c(-c2ccccc2)nc2sc(C)c(-c3cccs3)c2c1=O. The third kappa shape index (κ3) is 3.80. The van der Waals surface area contributed by atoms with Gasteiger partial charge in [-0.1, -0.05) is 50.2 Å². The smallest absolute Gasteiger partial charge is 0.263 e. The molecule has 150 valence electrons. The second-order valence-electron chi connectivity index (χ2n) is 6.98. The first-order valence-electron chi connectivity index (χ1n) is 9.99. The van der Waals surface area contributed by atoms with E-state index in [1.165, 1.54) is 0 Å². The molecule has 0 N–H and O–H groups in total. The Bertz CT molecular complexity index is 1160. The summed E-state index contributed by atoms with van der Waals surface area (Å²) in [6, 6.07) is 14.2. The fourth-order valence-electron chi connectivity index (χ4n) is 3.71. The van der Waals surface area contributed by atoms with Crippen molar-refractivity contribution in [2.24, 2.45) is 0 Å². The predicted molar refractivity (Wildman–Crippen MR) is 125 cm³/mol. The van der Waals surface area contributed by atoms with Crippen LogP contribution in [0.15, 0.2) is 52.6 Å². The molecule has 0 saturated heterocycles. The van der Waals surface area contributed by atoms with Gasteiger partial charge in [-0.2, -0.15) is 0 Å². The quantitative estimate of drug-likeness (QED) is 0.394. The molecule has 0 aliphatic rings. The number of aromatic nitrogens is 2. The number of nitrogens with zero attached hydrogens (tertiary/aromatic N) is 3. The number of hydrogen-bond acceptors (Lipinski definition) is 5. The second kappa shape index (κ2) is 8.61. The standard InChI is InChI=1S/C23H25N3OS2/c1-4-25(5-2)13-14-26-21(17-10-7-6-8-11-17)24-22-20(23(26)27)19(16(3)29-22)18-12-9-15-28-18/h6-12,15H,4-5,13-14H2,1-3H3. The Hall–Kier alpha value is -2.28. The third-order valence-electron chi connectivity index (χ3n) is 5.32. The van der Waals surface area contributed by atoms with Crippen molar-refractivity contribution in [2.75, 3.05) is 19.6 Å². The number of aryl methyl sites for hydroxylation is 1. The summed E-state index contributed by atoms with van der Waals surface area (Å²) >= 11 is 3.29. The fraction of sp³-hybridized carbons (Fsp3) is 0.304. The van der Waals surface area contributed by atoms with Crippen LogP contribution in [0.1, 0.15) is 18.7 Å². The van der Waals surface area contributed by atoms with Gasteiger partial charge in [0.15, 0.2) is 0 Å². The molecule has 0 atom stereocenters. The van der Waals surface area contributed by atoms with Crippen LogP contribution in [-0.4, -0.2) is 34.1 Å². The van der Waals surface area contributed by atoms with Gasteiger partial charge in [0.2, 0.25) is 0 Å². The second-order valence-corrected chi connectivity index (χ2v) is 9.13. The summed E-state index contributed by atoms with van der Waals surface area (Å²) in [6.45, 7) is 9.80. The average molecular weight is 424 g/mol. The highest BCUT2D eigenvalue weighted by molar-refractivity contribution is 7.20. The lowest BCUT2D eigenvalue weighted by Gasteiger charge is -2.20. The normalized spacial score (nSPS) is 11.6. The van der Waals surface area contributed by atoms with Crippen LogP contribution in [0.2, 0.25) is 0 Å². The number of hydrogen-bond donors (Lipinski definition) is 0. The Kier molecular flexibility index (Phi) is 5.94. The number of likely N-dealkylation sites (N-methyl/N-ethyl adjacent to an activating group) is 1. The summed E-state index contributed by atoms with van der Waals surface area (Å²) in [5.74, 6) is 0.759. The summed E-state index contributed by atoms with van der Waals surface area (Å²) in [6.07, 6.45) is 0. The Morgan fingerprint density at radius 1 is 1.07 bits per heavy atom. The van der Waals surface area contributed by atoms with Gasteiger partial charge in [0.05, 0.1) is 5.39 Å². The molecule has 0 aliphatic heterocycles. The lowest BCUT2D eigenvalue weighted by Crippen LogP contribution is -2.32. The molecule has 0 radical (unpaired) electrons. The van der Waals surface area contributed by atoms with Crippen molar-refractivity contribution in [3.63, 3.8) is 0 Å². The number of rotatable bonds is 7. The van der Waals surface area contributed by atoms with Gasteiger partial charge in [-0.25, -0.2) is 4.98 Å². The van der Waals surface area contributed by atoms with Crippen molar-refractivity contribution in [2.45, 2.75) is 27.3 Å². The van der Waals surface area contributed by atoms with Gasteiger partial charge < -0.3 is 4.90 Å². The van der Waals surface area contributed by atoms with E-state index >= 15 is 0 Å². The Labute approximate surface area is 179 Å². The van der Waals surface area contributed by atoms with E-state index in [0.717, 1.165) is 56.6 Å². The molecule has 0 saturated carbocycles. The molecule has 0 aliphatic carbocycles. The van der Waals surface area contributed by atoms with E-state index in [1.54, 1.807) is 22.7 Å². The van der Waals surface area contributed by atoms with Gasteiger partial charge in [-0.3, -0.25) is 9.36 Å². The zero-order valence-corrected chi connectivity index (χ0v) is 18.6. The van der Waals surface area contributed by atoms with E-state index in [-0.39, 0.29) is 5.56 Å². The van der Waals surface area contributed by atoms with Crippen molar-refractivity contribution in [1.82, 2.24) is 14.5 Å². The van der Waals surface area contributed by atoms with E-state index in [1.807, 2.05) is 41.0 Å². The number of thiophene rings is 2. The molecule has 3 aromatic heterocycles. The molecule has 0 bridgehead atoms. The van der Waals surface area contributed by atoms with Crippen LogP contribution < -0.4 is 5.56 Å². The molecule has 4 aromatic rings. The first-order chi connectivity index (χ1) is 14.1. The van der Waals surface area contributed by atoms with Gasteiger partial charge in [-0.05, 0) is 31.5 Å². The zero-order valence-electron chi connectivity index (χ0n) is 17.0. The highest BCUT2D eigenvalue weighted by atomic mass is 32.1. The van der Waals surface area contributed by atoms with E-state index in [2.05, 4.69) is 37.1 Å². The van der Waals surface area contributed by atoms with Crippen LogP contribution in [-0.2, 0) is 6.54 Å². The van der Waals surface area contributed by atoms with E-state index in [9.17, 15) is 4.79 Å². The molecule has 3 heterocycles. The maximum Gasteiger partial charge on any atom is 0.263 e. The molecule has 0 spiro atoms. The van der Waals surface area contributed by atoms with E-state index < -0.39 is 0 Å². The van der Waals surface area contributed by atoms with Crippen LogP contribution in [0.5, 0.6) is 0 Å². The minimum atomic E-state index is 0.0637. The van der Waals surface area contributed by atoms with Crippen molar-refractivity contribution in [1.29, 1.82) is 0 Å². The van der Waals surface area contributed by atoms with Crippen molar-refractivity contribution < 1.29 is 0 Å². The summed E-state index contributed by atoms with van der Waals surface area (Å²) < 4.78 is 1.87. The molecule has 29 heavy (non-hydrogen) atoms. The summed E-state index contributed by atoms with van der Waals surface area (Å²) in [5.41, 5.74) is 2.09. The highest BCUT2D eigenvalue weighted by Gasteiger charge is 2.21. The van der Waals surface area contributed by atoms with E-state index in [0.29, 0.717) is 6.54 Å². The van der Waals surface area contributed by atoms with Gasteiger partial charge in [0.25, 0.3) is 5.56 Å². The predicted octanol–water partition coefficient (Wildman–Crippen LogP) is 5.50. The number of benzene rings is 1. The molecular formula is C23H25N3OS2. The van der Waals surface area contributed by atoms with Gasteiger partial charge in [-0.15, -0.1) is 22.7 Å². The van der Waals surface area contributed by atoms with Crippen LogP contribution >= 0.6 is 22.7 Å². The Morgan fingerprint density at radius 3 is 2.48 bits per heavy atom. The molecule has 6 heteroatoms. The minimum Gasteiger partial charge on any atom is -0.302 e. The van der Waals surface area contributed by atoms with Crippen LogP contribution in [0.3, 0.4) is 0 Å². The summed E-state index contributed by atoms with van der Waals surface area (Å²) in [7, 11) is 0. The Balaban J connectivity index is 1.94. The summed E-state index contributed by atoms with van der Waals surface area (Å²) in [5, 5.41) is 2.82. The molecule has 0 amide bonds. The largest absolute Gasteiger partial charge is 0.302 e. The molecule has 0 unspecified atom stereocenters. The number of fused-ring (bicyclic) bond motifs is 1. The molecule has 1 aromatic carbocycles. The minimum absolute atomic E-state index is 0.0637. The lowest BCUT2D eigenvalue weighted by atomic mass is 10.1. The lowest BCUT2D eigenvalue weighted by molar-refractivity contribution is 0.289. The summed E-state index contributed by atoms with van der Waals surface area (Å²) in [4.78, 5) is 24.2. The highest BCUT2D eigenvalue weighted by Crippen LogP contribution is 2.38. The molecule has 4 nitrogen and oxygen atoms in total. The van der Waals surface area contributed by atoms with Crippen molar-refractivity contribution >= 4 is 32.9 Å². The van der Waals surface area contributed by atoms with E-state index in [4.69, 9.17) is 4.98 Å². The van der Waals surface area contributed by atoms with Gasteiger partial charge >= 0.3 is 0 Å². The Morgan fingerprint density at radius 2 is 1.83 bits per heavy atom. The fourth-order valence-corrected chi connectivity index (χ4v) is 5.63. The van der Waals surface area contributed by atoms with Crippen molar-refractivity contribution in [3.05, 3.63) is 63.1 Å². The molecule has 0 fully saturated rings. The van der Waals surface area contributed by atoms with Gasteiger partial charge in [0, 0.05) is 34.0 Å². The van der Waals surface area contributed by atoms with Crippen molar-refractivity contribution in [3.8, 4) is 21.8 Å². The maximum absolute atomic E-state index is 13.8. The van der Waals surface area contributed by atoms with Crippen LogP contribution in [0.25, 0.3) is 32.0 Å². The van der Waals surface area contributed by atoms with Crippen LogP contribution in [0.4, 0.5) is 0 Å². The average Bonchev–Trinajstić information content (AvgIpc) is 3.37. The zero-order chi connectivity index (χ0) is 20.4. The topological polar surface area (TPSA) is 38.1 Å². The monoisotopic (exact) mass is 423 g/mol. The first-order valence-corrected chi connectivity index (χ1v) is 11.7. The van der Waals surface area contributed by atoms with Gasteiger partial charge in [0.1, 0.15) is 10.7 Å². The first kappa shape index (κ1) is 20.0. The van der Waals surface area contributed by atoms with Crippen LogP contribution in [0, 0.1) is 6.92 Å². The maximum atomic E-state index is 13.8. The molecular weight excluding hydrogens is 398 g/mol. The third-order valence-corrected chi connectivity index (χ3v) is 7.21.